The molecular formula is C15H16ClF5N2O. The minimum absolute atomic E-state index is 0.0986. The van der Waals surface area contributed by atoms with Crippen LogP contribution in [0.3, 0.4) is 0 Å². The number of rotatable bonds is 5. The summed E-state index contributed by atoms with van der Waals surface area (Å²) in [6.45, 7) is -0.523. The van der Waals surface area contributed by atoms with Gasteiger partial charge in [0.1, 0.15) is 5.03 Å². The molecule has 0 atom stereocenters. The number of alkyl halides is 5. The fourth-order valence-electron chi connectivity index (χ4n) is 2.05. The molecule has 134 valence electrons. The molecule has 9 heteroatoms. The van der Waals surface area contributed by atoms with E-state index in [0.717, 1.165) is 17.0 Å². The summed E-state index contributed by atoms with van der Waals surface area (Å²) < 4.78 is 67.9. The Labute approximate surface area is 141 Å². The number of hydrogen-bond acceptors (Lipinski definition) is 3. The SMILES string of the molecule is Cc1cc(C(F)(F)F)c(C)cc1C(=N)/C(Cl)=C(/OC(F)F)N(C)C. The van der Waals surface area contributed by atoms with Crippen molar-refractivity contribution in [1.29, 1.82) is 5.41 Å². The molecular weight excluding hydrogens is 355 g/mol. The number of benzene rings is 1. The third-order valence-corrected chi connectivity index (χ3v) is 3.51. The van der Waals surface area contributed by atoms with Crippen LogP contribution in [-0.2, 0) is 10.9 Å². The summed E-state index contributed by atoms with van der Waals surface area (Å²) in [4.78, 5) is 1.15. The van der Waals surface area contributed by atoms with Crippen LogP contribution in [0, 0.1) is 19.3 Å². The fraction of sp³-hybridized carbons (Fsp3) is 0.400. The van der Waals surface area contributed by atoms with Crippen LogP contribution in [0.15, 0.2) is 23.0 Å². The summed E-state index contributed by atoms with van der Waals surface area (Å²) in [5.74, 6) is -0.450. The third kappa shape index (κ3) is 4.59. The number of nitrogens with one attached hydrogen (secondary N) is 1. The topological polar surface area (TPSA) is 36.3 Å². The Balaban J connectivity index is 3.40. The molecule has 0 unspecified atom stereocenters. The molecule has 0 aliphatic carbocycles. The van der Waals surface area contributed by atoms with E-state index in [0.29, 0.717) is 0 Å². The van der Waals surface area contributed by atoms with Gasteiger partial charge in [0, 0.05) is 19.7 Å². The quantitative estimate of drug-likeness (QED) is 0.454. The van der Waals surface area contributed by atoms with Crippen molar-refractivity contribution in [3.8, 4) is 0 Å². The second kappa shape index (κ2) is 7.38. The molecule has 0 radical (unpaired) electrons. The molecule has 1 aromatic rings. The molecule has 24 heavy (non-hydrogen) atoms. The first-order valence-electron chi connectivity index (χ1n) is 6.65. The predicted molar refractivity (Wildman–Crippen MR) is 81.4 cm³/mol. The van der Waals surface area contributed by atoms with Gasteiger partial charge < -0.3 is 9.64 Å². The Morgan fingerprint density at radius 3 is 2.12 bits per heavy atom. The van der Waals surface area contributed by atoms with Gasteiger partial charge >= 0.3 is 12.8 Å². The van der Waals surface area contributed by atoms with E-state index in [1.165, 1.54) is 27.9 Å². The van der Waals surface area contributed by atoms with Gasteiger partial charge in [-0.25, -0.2) is 0 Å². The number of nitrogens with zero attached hydrogens (tertiary/aromatic N) is 1. The van der Waals surface area contributed by atoms with Crippen LogP contribution in [0.5, 0.6) is 0 Å². The average Bonchev–Trinajstić information content (AvgIpc) is 2.43. The van der Waals surface area contributed by atoms with E-state index >= 15 is 0 Å². The van der Waals surface area contributed by atoms with Crippen LogP contribution in [0.4, 0.5) is 22.0 Å². The van der Waals surface area contributed by atoms with Crippen molar-refractivity contribution in [1.82, 2.24) is 4.90 Å². The van der Waals surface area contributed by atoms with E-state index in [4.69, 9.17) is 17.0 Å². The van der Waals surface area contributed by atoms with Crippen LogP contribution in [0.25, 0.3) is 0 Å². The summed E-state index contributed by atoms with van der Waals surface area (Å²) in [6, 6.07) is 2.05. The minimum atomic E-state index is -4.53. The maximum Gasteiger partial charge on any atom is 0.416 e. The summed E-state index contributed by atoms with van der Waals surface area (Å²) in [7, 11) is 2.77. The fourth-order valence-corrected chi connectivity index (χ4v) is 2.37. The van der Waals surface area contributed by atoms with E-state index in [9.17, 15) is 22.0 Å². The van der Waals surface area contributed by atoms with Gasteiger partial charge in [-0.2, -0.15) is 22.0 Å². The molecule has 3 nitrogen and oxygen atoms in total. The first-order valence-corrected chi connectivity index (χ1v) is 7.03. The van der Waals surface area contributed by atoms with Crippen LogP contribution < -0.4 is 0 Å². The van der Waals surface area contributed by atoms with Crippen LogP contribution >= 0.6 is 11.6 Å². The van der Waals surface area contributed by atoms with Gasteiger partial charge in [-0.3, -0.25) is 5.41 Å². The second-order valence-corrected chi connectivity index (χ2v) is 5.62. The molecule has 0 aromatic heterocycles. The van der Waals surface area contributed by atoms with Crippen molar-refractivity contribution in [3.05, 3.63) is 45.3 Å². The molecule has 0 bridgehead atoms. The second-order valence-electron chi connectivity index (χ2n) is 5.25. The van der Waals surface area contributed by atoms with Crippen molar-refractivity contribution < 1.29 is 26.7 Å². The van der Waals surface area contributed by atoms with Crippen LogP contribution in [-0.4, -0.2) is 31.3 Å². The van der Waals surface area contributed by atoms with Crippen molar-refractivity contribution in [2.75, 3.05) is 14.1 Å². The molecule has 0 aliphatic heterocycles. The lowest BCUT2D eigenvalue weighted by Gasteiger charge is -2.20. The van der Waals surface area contributed by atoms with Crippen molar-refractivity contribution in [3.63, 3.8) is 0 Å². The first kappa shape index (κ1) is 20.2. The largest absolute Gasteiger partial charge is 0.417 e. The molecule has 1 aromatic carbocycles. The zero-order chi connectivity index (χ0) is 18.8. The highest BCUT2D eigenvalue weighted by Crippen LogP contribution is 2.34. The average molecular weight is 371 g/mol. The standard InChI is InChI=1S/C15H16ClF5N2O/c1-7-6-10(15(19,20)21)8(2)5-9(7)12(22)11(16)13(23(3)4)24-14(17)18/h5-6,14,22H,1-4H3/b13-11-,22-12?. The van der Waals surface area contributed by atoms with Crippen LogP contribution in [0.1, 0.15) is 22.3 Å². The van der Waals surface area contributed by atoms with E-state index in [2.05, 4.69) is 4.74 Å². The highest BCUT2D eigenvalue weighted by Gasteiger charge is 2.33. The number of ether oxygens (including phenoxy) is 1. The van der Waals surface area contributed by atoms with Gasteiger partial charge in [0.25, 0.3) is 0 Å². The van der Waals surface area contributed by atoms with Crippen molar-refractivity contribution in [2.45, 2.75) is 26.6 Å². The highest BCUT2D eigenvalue weighted by atomic mass is 35.5. The highest BCUT2D eigenvalue weighted by molar-refractivity contribution is 6.46. The zero-order valence-electron chi connectivity index (χ0n) is 13.4. The van der Waals surface area contributed by atoms with E-state index in [1.54, 1.807) is 0 Å². The minimum Gasteiger partial charge on any atom is -0.417 e. The molecule has 1 rings (SSSR count). The predicted octanol–water partition coefficient (Wildman–Crippen LogP) is 4.90. The Kier molecular flexibility index (Phi) is 6.21. The van der Waals surface area contributed by atoms with Gasteiger partial charge in [0.2, 0.25) is 5.88 Å². The number of hydrogen-bond donors (Lipinski definition) is 1. The zero-order valence-corrected chi connectivity index (χ0v) is 14.1. The Bertz CT molecular complexity index is 669. The van der Waals surface area contributed by atoms with Gasteiger partial charge in [-0.05, 0) is 37.1 Å². The molecule has 0 amide bonds. The summed E-state index contributed by atoms with van der Waals surface area (Å²) in [5.41, 5.74) is -1.09. The first-order chi connectivity index (χ1) is 10.9. The molecule has 0 fully saturated rings. The van der Waals surface area contributed by atoms with Crippen molar-refractivity contribution >= 4 is 17.3 Å². The number of aryl methyl sites for hydroxylation is 2. The van der Waals surface area contributed by atoms with E-state index in [1.807, 2.05) is 0 Å². The molecule has 0 saturated carbocycles. The van der Waals surface area contributed by atoms with Gasteiger partial charge in [-0.15, -0.1) is 0 Å². The number of allylic oxidation sites excluding steroid dienone is 1. The monoisotopic (exact) mass is 370 g/mol. The smallest absolute Gasteiger partial charge is 0.416 e. The lowest BCUT2D eigenvalue weighted by Crippen LogP contribution is -2.20. The van der Waals surface area contributed by atoms with Gasteiger partial charge in [0.05, 0.1) is 11.3 Å². The molecule has 0 saturated heterocycles. The Morgan fingerprint density at radius 2 is 1.71 bits per heavy atom. The normalized spacial score (nSPS) is 13.0. The lowest BCUT2D eigenvalue weighted by atomic mass is 9.96. The Hall–Kier alpha value is -1.83. The van der Waals surface area contributed by atoms with E-state index in [-0.39, 0.29) is 16.7 Å². The summed E-state index contributed by atoms with van der Waals surface area (Å²) in [6.07, 6.45) is -4.53. The maximum atomic E-state index is 12.9. The van der Waals surface area contributed by atoms with E-state index < -0.39 is 35.0 Å². The van der Waals surface area contributed by atoms with Gasteiger partial charge in [-0.1, -0.05) is 11.6 Å². The van der Waals surface area contributed by atoms with Gasteiger partial charge in [0.15, 0.2) is 0 Å². The number of halogens is 6. The summed E-state index contributed by atoms with van der Waals surface area (Å²) >= 11 is 5.96. The maximum absolute atomic E-state index is 12.9. The molecule has 0 aliphatic rings. The van der Waals surface area contributed by atoms with Crippen molar-refractivity contribution in [2.24, 2.45) is 0 Å². The third-order valence-electron chi connectivity index (χ3n) is 3.16. The Morgan fingerprint density at radius 1 is 1.17 bits per heavy atom. The lowest BCUT2D eigenvalue weighted by molar-refractivity contribution is -0.138. The molecule has 1 N–H and O–H groups in total. The molecule has 0 heterocycles. The molecule has 0 spiro atoms. The summed E-state index contributed by atoms with van der Waals surface area (Å²) in [5, 5.41) is 7.62. The van der Waals surface area contributed by atoms with Crippen LogP contribution in [0.2, 0.25) is 0 Å².